The number of hydrogen-bond acceptors (Lipinski definition) is 3. The smallest absolute Gasteiger partial charge is 0.249 e. The predicted molar refractivity (Wildman–Crippen MR) is 64.4 cm³/mol. The van der Waals surface area contributed by atoms with Gasteiger partial charge in [0, 0.05) is 6.42 Å². The predicted octanol–water partition coefficient (Wildman–Crippen LogP) is 0.290. The highest BCUT2D eigenvalue weighted by Gasteiger charge is 2.27. The molecule has 0 bridgehead atoms. The standard InChI is InChI=1S/C13H13FN2O3/c14-9-4-2-1-3-8(9)7-12(18)15-10-5-6-11(17)16-13(10)19/h1-4,10H,5-7H2,(H,15,18)(H,16,17,19)/t10-/m1/s1. The minimum atomic E-state index is -0.725. The van der Waals surface area contributed by atoms with Crippen molar-refractivity contribution in [1.29, 1.82) is 0 Å². The van der Waals surface area contributed by atoms with Gasteiger partial charge >= 0.3 is 0 Å². The fourth-order valence-electron chi connectivity index (χ4n) is 1.89. The van der Waals surface area contributed by atoms with Crippen LogP contribution in [0.5, 0.6) is 0 Å². The van der Waals surface area contributed by atoms with Gasteiger partial charge in [-0.25, -0.2) is 4.39 Å². The maximum absolute atomic E-state index is 13.4. The summed E-state index contributed by atoms with van der Waals surface area (Å²) in [6.07, 6.45) is 0.328. The normalized spacial score (nSPS) is 18.9. The van der Waals surface area contributed by atoms with Gasteiger partial charge in [0.1, 0.15) is 11.9 Å². The number of piperidine rings is 1. The second-order valence-electron chi connectivity index (χ2n) is 4.34. The van der Waals surface area contributed by atoms with Crippen LogP contribution in [0.3, 0.4) is 0 Å². The molecular formula is C13H13FN2O3. The molecule has 0 aromatic heterocycles. The van der Waals surface area contributed by atoms with Gasteiger partial charge in [-0.05, 0) is 18.1 Å². The summed E-state index contributed by atoms with van der Waals surface area (Å²) in [5.74, 6) is -1.76. The fraction of sp³-hybridized carbons (Fsp3) is 0.308. The van der Waals surface area contributed by atoms with Crippen LogP contribution in [0, 0.1) is 5.82 Å². The van der Waals surface area contributed by atoms with Crippen LogP contribution in [0.4, 0.5) is 4.39 Å². The number of amides is 3. The first-order valence-electron chi connectivity index (χ1n) is 5.92. The number of nitrogens with one attached hydrogen (secondary N) is 2. The van der Waals surface area contributed by atoms with Crippen molar-refractivity contribution in [3.05, 3.63) is 35.6 Å². The summed E-state index contributed by atoms with van der Waals surface area (Å²) in [6, 6.07) is 5.24. The zero-order valence-electron chi connectivity index (χ0n) is 10.1. The summed E-state index contributed by atoms with van der Waals surface area (Å²) in [4.78, 5) is 34.1. The quantitative estimate of drug-likeness (QED) is 0.770. The molecule has 2 N–H and O–H groups in total. The van der Waals surface area contributed by atoms with Crippen molar-refractivity contribution in [2.24, 2.45) is 0 Å². The summed E-state index contributed by atoms with van der Waals surface area (Å²) < 4.78 is 13.4. The van der Waals surface area contributed by atoms with Crippen LogP contribution in [0.15, 0.2) is 24.3 Å². The van der Waals surface area contributed by atoms with Crippen LogP contribution in [-0.4, -0.2) is 23.8 Å². The molecule has 0 saturated carbocycles. The fourth-order valence-corrected chi connectivity index (χ4v) is 1.89. The first-order valence-corrected chi connectivity index (χ1v) is 5.92. The summed E-state index contributed by atoms with van der Waals surface area (Å²) in [5.41, 5.74) is 0.271. The van der Waals surface area contributed by atoms with Crippen molar-refractivity contribution in [1.82, 2.24) is 10.6 Å². The monoisotopic (exact) mass is 264 g/mol. The number of carbonyl (C=O) groups excluding carboxylic acids is 3. The Balaban J connectivity index is 1.93. The highest BCUT2D eigenvalue weighted by molar-refractivity contribution is 6.01. The van der Waals surface area contributed by atoms with Gasteiger partial charge in [0.05, 0.1) is 6.42 Å². The molecule has 2 rings (SSSR count). The van der Waals surface area contributed by atoms with Crippen LogP contribution < -0.4 is 10.6 Å². The van der Waals surface area contributed by atoms with Gasteiger partial charge in [0.25, 0.3) is 0 Å². The maximum Gasteiger partial charge on any atom is 0.249 e. The highest BCUT2D eigenvalue weighted by atomic mass is 19.1. The van der Waals surface area contributed by atoms with E-state index in [-0.39, 0.29) is 30.7 Å². The van der Waals surface area contributed by atoms with E-state index in [9.17, 15) is 18.8 Å². The third kappa shape index (κ3) is 3.37. The van der Waals surface area contributed by atoms with Crippen molar-refractivity contribution < 1.29 is 18.8 Å². The molecule has 0 radical (unpaired) electrons. The Morgan fingerprint density at radius 3 is 2.79 bits per heavy atom. The third-order valence-corrected chi connectivity index (χ3v) is 2.88. The molecule has 100 valence electrons. The van der Waals surface area contributed by atoms with Crippen molar-refractivity contribution in [3.8, 4) is 0 Å². The topological polar surface area (TPSA) is 75.3 Å². The lowest BCUT2D eigenvalue weighted by Gasteiger charge is -2.21. The van der Waals surface area contributed by atoms with E-state index in [0.717, 1.165) is 0 Å². The molecule has 3 amide bonds. The Hall–Kier alpha value is -2.24. The average Bonchev–Trinajstić information content (AvgIpc) is 2.36. The first kappa shape index (κ1) is 13.2. The summed E-state index contributed by atoms with van der Waals surface area (Å²) >= 11 is 0. The van der Waals surface area contributed by atoms with E-state index in [1.165, 1.54) is 18.2 Å². The molecule has 5 nitrogen and oxygen atoms in total. The summed E-state index contributed by atoms with van der Waals surface area (Å²) in [6.45, 7) is 0. The van der Waals surface area contributed by atoms with E-state index in [1.807, 2.05) is 0 Å². The SMILES string of the molecule is O=C1CC[C@@H](NC(=O)Cc2ccccc2F)C(=O)N1. The van der Waals surface area contributed by atoms with Crippen molar-refractivity contribution in [3.63, 3.8) is 0 Å². The Bertz CT molecular complexity index is 530. The second-order valence-corrected chi connectivity index (χ2v) is 4.34. The van der Waals surface area contributed by atoms with E-state index in [4.69, 9.17) is 0 Å². The van der Waals surface area contributed by atoms with Crippen LogP contribution in [0.2, 0.25) is 0 Å². The van der Waals surface area contributed by atoms with Gasteiger partial charge in [-0.15, -0.1) is 0 Å². The molecule has 0 aliphatic carbocycles. The number of rotatable bonds is 3. The molecular weight excluding hydrogens is 251 g/mol. The molecule has 1 aromatic carbocycles. The lowest BCUT2D eigenvalue weighted by atomic mass is 10.1. The lowest BCUT2D eigenvalue weighted by molar-refractivity contribution is -0.137. The number of benzene rings is 1. The number of halogens is 1. The Morgan fingerprint density at radius 1 is 1.37 bits per heavy atom. The van der Waals surface area contributed by atoms with Crippen LogP contribution in [0.25, 0.3) is 0 Å². The number of carbonyl (C=O) groups is 3. The van der Waals surface area contributed by atoms with Gasteiger partial charge in [0.15, 0.2) is 0 Å². The van der Waals surface area contributed by atoms with Gasteiger partial charge in [0.2, 0.25) is 17.7 Å². The second kappa shape index (κ2) is 5.60. The van der Waals surface area contributed by atoms with Crippen LogP contribution in [0.1, 0.15) is 18.4 Å². The van der Waals surface area contributed by atoms with E-state index >= 15 is 0 Å². The summed E-state index contributed by atoms with van der Waals surface area (Å²) in [5, 5.41) is 4.64. The van der Waals surface area contributed by atoms with Crippen molar-refractivity contribution in [2.75, 3.05) is 0 Å². The summed E-state index contributed by atoms with van der Waals surface area (Å²) in [7, 11) is 0. The van der Waals surface area contributed by atoms with E-state index < -0.39 is 23.7 Å². The molecule has 1 aliphatic heterocycles. The zero-order chi connectivity index (χ0) is 13.8. The molecule has 6 heteroatoms. The molecule has 1 aromatic rings. The van der Waals surface area contributed by atoms with E-state index in [1.54, 1.807) is 6.07 Å². The minimum absolute atomic E-state index is 0.135. The maximum atomic E-state index is 13.4. The molecule has 19 heavy (non-hydrogen) atoms. The Morgan fingerprint density at radius 2 is 2.11 bits per heavy atom. The molecule has 0 spiro atoms. The zero-order valence-corrected chi connectivity index (χ0v) is 10.1. The van der Waals surface area contributed by atoms with E-state index in [0.29, 0.717) is 0 Å². The minimum Gasteiger partial charge on any atom is -0.344 e. The van der Waals surface area contributed by atoms with E-state index in [2.05, 4.69) is 10.6 Å². The Kier molecular flexibility index (Phi) is 3.89. The van der Waals surface area contributed by atoms with Crippen molar-refractivity contribution >= 4 is 17.7 Å². The van der Waals surface area contributed by atoms with Crippen LogP contribution in [-0.2, 0) is 20.8 Å². The Labute approximate surface area is 109 Å². The third-order valence-electron chi connectivity index (χ3n) is 2.88. The first-order chi connectivity index (χ1) is 9.06. The van der Waals surface area contributed by atoms with Gasteiger partial charge in [-0.2, -0.15) is 0 Å². The highest BCUT2D eigenvalue weighted by Crippen LogP contribution is 2.08. The molecule has 1 heterocycles. The molecule has 1 saturated heterocycles. The van der Waals surface area contributed by atoms with Gasteiger partial charge in [-0.3, -0.25) is 19.7 Å². The molecule has 0 unspecified atom stereocenters. The van der Waals surface area contributed by atoms with Crippen LogP contribution >= 0.6 is 0 Å². The van der Waals surface area contributed by atoms with Crippen molar-refractivity contribution in [2.45, 2.75) is 25.3 Å². The average molecular weight is 264 g/mol. The largest absolute Gasteiger partial charge is 0.344 e. The van der Waals surface area contributed by atoms with Gasteiger partial charge in [-0.1, -0.05) is 18.2 Å². The number of hydrogen-bond donors (Lipinski definition) is 2. The lowest BCUT2D eigenvalue weighted by Crippen LogP contribution is -2.52. The number of imide groups is 1. The molecule has 1 atom stereocenters. The van der Waals surface area contributed by atoms with Gasteiger partial charge < -0.3 is 5.32 Å². The molecule has 1 fully saturated rings. The molecule has 1 aliphatic rings.